The molecule has 9 heteroatoms. The summed E-state index contributed by atoms with van der Waals surface area (Å²) >= 11 is 0. The van der Waals surface area contributed by atoms with Gasteiger partial charge in [-0.2, -0.15) is 23.3 Å². The van der Waals surface area contributed by atoms with Crippen molar-refractivity contribution in [1.82, 2.24) is 19.7 Å². The van der Waals surface area contributed by atoms with E-state index in [0.717, 1.165) is 31.5 Å². The van der Waals surface area contributed by atoms with Gasteiger partial charge in [-0.3, -0.25) is 4.68 Å². The summed E-state index contributed by atoms with van der Waals surface area (Å²) < 4.78 is 45.9. The van der Waals surface area contributed by atoms with Crippen LogP contribution in [0.1, 0.15) is 44.5 Å². The monoisotopic (exact) mass is 435 g/mol. The Bertz CT molecular complexity index is 921. The summed E-state index contributed by atoms with van der Waals surface area (Å²) in [5.41, 5.74) is 6.90. The van der Waals surface area contributed by atoms with E-state index in [1.165, 1.54) is 19.3 Å². The molecule has 0 spiro atoms. The number of hydrogen-bond donors (Lipinski definition) is 1. The number of aromatic nitrogens is 4. The standard InChI is InChI=1S/C17H21F3N2.C5H7N3O/c1-3-7-13(11-14(8-4-2)17(18,19)20)16-12-15-9-5-6-10-22(15)21-16;1-9-5-7-3-2-4(6)8-5/h3,7-8,11-12H,4-6,9-10H2,1-2H3;2-3H,1H3,(H2,6,7,8)/b7-3-,13-11+,14-8-;. The number of allylic oxidation sites excluding steroid dienone is 6. The van der Waals surface area contributed by atoms with Crippen molar-refractivity contribution in [1.29, 1.82) is 0 Å². The van der Waals surface area contributed by atoms with Crippen molar-refractivity contribution in [2.45, 2.75) is 52.3 Å². The largest absolute Gasteiger partial charge is 0.467 e. The van der Waals surface area contributed by atoms with E-state index in [9.17, 15) is 13.2 Å². The van der Waals surface area contributed by atoms with Crippen molar-refractivity contribution < 1.29 is 17.9 Å². The minimum absolute atomic E-state index is 0.301. The fraction of sp³-hybridized carbons (Fsp3) is 0.409. The van der Waals surface area contributed by atoms with Crippen molar-refractivity contribution in [3.8, 4) is 6.01 Å². The van der Waals surface area contributed by atoms with Crippen LogP contribution in [0.3, 0.4) is 0 Å². The van der Waals surface area contributed by atoms with Crippen LogP contribution < -0.4 is 10.5 Å². The normalized spacial score (nSPS) is 14.8. The smallest absolute Gasteiger partial charge is 0.416 e. The lowest BCUT2D eigenvalue weighted by Gasteiger charge is -2.11. The SMILES string of the molecule is COc1nccc(N)n1.C\C=C/C(=C\C(=C\CC)C(F)(F)F)c1cc2n(n1)CCCC2. The van der Waals surface area contributed by atoms with Crippen molar-refractivity contribution in [3.63, 3.8) is 0 Å². The molecular weight excluding hydrogens is 407 g/mol. The zero-order chi connectivity index (χ0) is 22.9. The molecule has 3 heterocycles. The van der Waals surface area contributed by atoms with Gasteiger partial charge < -0.3 is 10.5 Å². The van der Waals surface area contributed by atoms with Crippen LogP contribution in [0.25, 0.3) is 5.57 Å². The van der Waals surface area contributed by atoms with Crippen molar-refractivity contribution in [3.05, 3.63) is 59.6 Å². The lowest BCUT2D eigenvalue weighted by atomic mass is 10.0. The molecule has 0 aliphatic carbocycles. The third-order valence-corrected chi connectivity index (χ3v) is 4.46. The van der Waals surface area contributed by atoms with E-state index in [-0.39, 0.29) is 0 Å². The fourth-order valence-electron chi connectivity index (χ4n) is 3.04. The van der Waals surface area contributed by atoms with Gasteiger partial charge in [0.15, 0.2) is 0 Å². The third kappa shape index (κ3) is 7.27. The van der Waals surface area contributed by atoms with Gasteiger partial charge in [-0.15, -0.1) is 0 Å². The van der Waals surface area contributed by atoms with Crippen molar-refractivity contribution in [2.75, 3.05) is 12.8 Å². The van der Waals surface area contributed by atoms with E-state index in [1.807, 2.05) is 10.7 Å². The molecule has 0 atom stereocenters. The minimum Gasteiger partial charge on any atom is -0.467 e. The first-order chi connectivity index (χ1) is 14.8. The summed E-state index contributed by atoms with van der Waals surface area (Å²) in [7, 11) is 1.49. The van der Waals surface area contributed by atoms with E-state index in [0.29, 0.717) is 29.5 Å². The van der Waals surface area contributed by atoms with Crippen molar-refractivity contribution in [2.24, 2.45) is 0 Å². The van der Waals surface area contributed by atoms with Crippen LogP contribution in [-0.2, 0) is 13.0 Å². The average Bonchev–Trinajstić information content (AvgIpc) is 3.17. The van der Waals surface area contributed by atoms with Gasteiger partial charge in [0.2, 0.25) is 0 Å². The van der Waals surface area contributed by atoms with E-state index >= 15 is 0 Å². The molecule has 2 aromatic rings. The Morgan fingerprint density at radius 1 is 1.32 bits per heavy atom. The van der Waals surface area contributed by atoms with Gasteiger partial charge in [0.25, 0.3) is 0 Å². The lowest BCUT2D eigenvalue weighted by Crippen LogP contribution is -2.11. The molecule has 168 valence electrons. The molecule has 0 radical (unpaired) electrons. The van der Waals surface area contributed by atoms with E-state index < -0.39 is 11.7 Å². The number of nitrogen functional groups attached to an aromatic ring is 1. The lowest BCUT2D eigenvalue weighted by molar-refractivity contribution is -0.0883. The molecule has 0 saturated carbocycles. The van der Waals surface area contributed by atoms with Gasteiger partial charge in [0, 0.05) is 24.0 Å². The Morgan fingerprint density at radius 3 is 2.65 bits per heavy atom. The molecule has 0 fully saturated rings. The summed E-state index contributed by atoms with van der Waals surface area (Å²) in [6, 6.07) is 3.81. The molecule has 6 nitrogen and oxygen atoms in total. The highest BCUT2D eigenvalue weighted by Gasteiger charge is 2.32. The van der Waals surface area contributed by atoms with Gasteiger partial charge in [0.05, 0.1) is 18.4 Å². The van der Waals surface area contributed by atoms with Gasteiger partial charge in [0.1, 0.15) is 5.82 Å². The van der Waals surface area contributed by atoms with E-state index in [4.69, 9.17) is 10.5 Å². The molecule has 0 aromatic carbocycles. The second kappa shape index (κ2) is 11.3. The Kier molecular flexibility index (Phi) is 8.84. The molecule has 2 N–H and O–H groups in total. The van der Waals surface area contributed by atoms with E-state index in [1.54, 1.807) is 38.3 Å². The van der Waals surface area contributed by atoms with Crippen LogP contribution in [0, 0.1) is 0 Å². The number of alkyl halides is 3. The summed E-state index contributed by atoms with van der Waals surface area (Å²) in [6.45, 7) is 4.33. The Morgan fingerprint density at radius 2 is 2.10 bits per heavy atom. The number of rotatable bonds is 5. The van der Waals surface area contributed by atoms with Crippen LogP contribution >= 0.6 is 0 Å². The zero-order valence-corrected chi connectivity index (χ0v) is 18.0. The topological polar surface area (TPSA) is 78.9 Å². The van der Waals surface area contributed by atoms with Gasteiger partial charge in [-0.25, -0.2) is 4.98 Å². The molecule has 1 aliphatic heterocycles. The molecule has 0 amide bonds. The first kappa shape index (κ1) is 24.2. The van der Waals surface area contributed by atoms with Gasteiger partial charge in [-0.1, -0.05) is 25.2 Å². The fourth-order valence-corrected chi connectivity index (χ4v) is 3.04. The molecule has 31 heavy (non-hydrogen) atoms. The number of nitrogens with zero attached hydrogens (tertiary/aromatic N) is 4. The number of nitrogens with two attached hydrogens (primary N) is 1. The maximum atomic E-state index is 13.1. The maximum Gasteiger partial charge on any atom is 0.416 e. The highest BCUT2D eigenvalue weighted by molar-refractivity contribution is 5.74. The zero-order valence-electron chi connectivity index (χ0n) is 18.0. The van der Waals surface area contributed by atoms with Gasteiger partial charge in [-0.05, 0) is 50.8 Å². The summed E-state index contributed by atoms with van der Waals surface area (Å²) in [6.07, 6.45) is 6.48. The third-order valence-electron chi connectivity index (χ3n) is 4.46. The molecule has 1 aliphatic rings. The Labute approximate surface area is 180 Å². The second-order valence-corrected chi connectivity index (χ2v) is 6.83. The summed E-state index contributed by atoms with van der Waals surface area (Å²) in [4.78, 5) is 7.48. The maximum absolute atomic E-state index is 13.1. The van der Waals surface area contributed by atoms with Crippen LogP contribution in [0.5, 0.6) is 6.01 Å². The quantitative estimate of drug-likeness (QED) is 0.658. The average molecular weight is 435 g/mol. The van der Waals surface area contributed by atoms with Crippen LogP contribution in [-0.4, -0.2) is 33.0 Å². The molecule has 2 aromatic heterocycles. The first-order valence-electron chi connectivity index (χ1n) is 10.1. The Hall–Kier alpha value is -3.10. The van der Waals surface area contributed by atoms with Crippen LogP contribution in [0.15, 0.2) is 48.2 Å². The highest BCUT2D eigenvalue weighted by atomic mass is 19.4. The molecular formula is C22H28F3N5O. The number of anilines is 1. The summed E-state index contributed by atoms with van der Waals surface area (Å²) in [5.74, 6) is 0.418. The van der Waals surface area contributed by atoms with Crippen LogP contribution in [0.4, 0.5) is 19.0 Å². The molecule has 3 rings (SSSR count). The number of hydrogen-bond acceptors (Lipinski definition) is 5. The predicted octanol–water partition coefficient (Wildman–Crippen LogP) is 5.15. The first-order valence-corrected chi connectivity index (χ1v) is 10.1. The highest BCUT2D eigenvalue weighted by Crippen LogP contribution is 2.30. The molecule has 0 bridgehead atoms. The predicted molar refractivity (Wildman–Crippen MR) is 115 cm³/mol. The van der Waals surface area contributed by atoms with Crippen LogP contribution in [0.2, 0.25) is 0 Å². The number of ether oxygens (including phenoxy) is 1. The molecule has 0 saturated heterocycles. The number of aryl methyl sites for hydroxylation is 2. The number of halogens is 3. The van der Waals surface area contributed by atoms with Gasteiger partial charge >= 0.3 is 12.2 Å². The second-order valence-electron chi connectivity index (χ2n) is 6.83. The number of fused-ring (bicyclic) bond motifs is 1. The van der Waals surface area contributed by atoms with Crippen molar-refractivity contribution >= 4 is 11.4 Å². The minimum atomic E-state index is -4.35. The van der Waals surface area contributed by atoms with E-state index in [2.05, 4.69) is 15.1 Å². The summed E-state index contributed by atoms with van der Waals surface area (Å²) in [5, 5.41) is 4.47. The molecule has 0 unspecified atom stereocenters. The number of methoxy groups -OCH3 is 1. The Balaban J connectivity index is 0.000000316.